The maximum atomic E-state index is 13.3. The average Bonchev–Trinajstić information content (AvgIpc) is 2.82. The molecule has 1 aromatic heterocycles. The lowest BCUT2D eigenvalue weighted by molar-refractivity contribution is 0.579. The van der Waals surface area contributed by atoms with Crippen molar-refractivity contribution in [2.75, 3.05) is 0 Å². The van der Waals surface area contributed by atoms with Gasteiger partial charge in [0.25, 0.3) is 0 Å². The molecular weight excluding hydrogens is 309 g/mol. The first kappa shape index (κ1) is 16.1. The molecule has 0 saturated heterocycles. The van der Waals surface area contributed by atoms with Gasteiger partial charge in [-0.25, -0.2) is 17.5 Å². The summed E-state index contributed by atoms with van der Waals surface area (Å²) in [5.74, 6) is -0.421. The van der Waals surface area contributed by atoms with Gasteiger partial charge in [-0.15, -0.1) is 11.3 Å². The lowest BCUT2D eigenvalue weighted by atomic mass is 10.1. The van der Waals surface area contributed by atoms with Crippen LogP contribution in [0.15, 0.2) is 29.2 Å². The molecule has 0 saturated carbocycles. The number of aryl methyl sites for hydroxylation is 3. The number of rotatable bonds is 5. The maximum absolute atomic E-state index is 13.3. The van der Waals surface area contributed by atoms with E-state index in [-0.39, 0.29) is 11.4 Å². The fourth-order valence-electron chi connectivity index (χ4n) is 2.27. The minimum atomic E-state index is -3.64. The molecule has 0 radical (unpaired) electrons. The summed E-state index contributed by atoms with van der Waals surface area (Å²) >= 11 is 1.59. The number of thiophene rings is 1. The second-order valence-corrected chi connectivity index (χ2v) is 7.87. The normalized spacial score (nSPS) is 11.8. The Hall–Kier alpha value is -1.24. The average molecular weight is 327 g/mol. The van der Waals surface area contributed by atoms with E-state index in [9.17, 15) is 12.8 Å². The number of sulfonamides is 1. The minimum Gasteiger partial charge on any atom is -0.207 e. The summed E-state index contributed by atoms with van der Waals surface area (Å²) in [6.07, 6.45) is 0.938. The Morgan fingerprint density at radius 1 is 1.14 bits per heavy atom. The van der Waals surface area contributed by atoms with E-state index in [0.29, 0.717) is 11.1 Å². The van der Waals surface area contributed by atoms with E-state index in [1.165, 1.54) is 17.0 Å². The topological polar surface area (TPSA) is 46.2 Å². The Morgan fingerprint density at radius 2 is 1.71 bits per heavy atom. The highest BCUT2D eigenvalue weighted by Gasteiger charge is 2.20. The van der Waals surface area contributed by atoms with E-state index < -0.39 is 15.8 Å². The van der Waals surface area contributed by atoms with Gasteiger partial charge in [-0.3, -0.25) is 0 Å². The fraction of sp³-hybridized carbons (Fsp3) is 0.333. The Morgan fingerprint density at radius 3 is 2.24 bits per heavy atom. The van der Waals surface area contributed by atoms with E-state index in [4.69, 9.17) is 0 Å². The zero-order chi connectivity index (χ0) is 15.6. The number of halogens is 1. The first-order valence-corrected chi connectivity index (χ1v) is 8.97. The largest absolute Gasteiger partial charge is 0.241 e. The molecule has 0 amide bonds. The molecule has 21 heavy (non-hydrogen) atoms. The molecule has 3 nitrogen and oxygen atoms in total. The molecule has 0 aliphatic carbocycles. The Bertz CT molecular complexity index is 728. The summed E-state index contributed by atoms with van der Waals surface area (Å²) in [7, 11) is -3.64. The molecule has 0 spiro atoms. The summed E-state index contributed by atoms with van der Waals surface area (Å²) in [4.78, 5) is 2.35. The molecule has 114 valence electrons. The SMILES string of the molecule is CCc1ccc(CNS(=O)(=O)c2c(C)cc(F)cc2C)s1. The third-order valence-corrected chi connectivity index (χ3v) is 6.13. The van der Waals surface area contributed by atoms with Crippen molar-refractivity contribution in [3.05, 3.63) is 51.0 Å². The van der Waals surface area contributed by atoms with Crippen molar-refractivity contribution in [3.8, 4) is 0 Å². The van der Waals surface area contributed by atoms with Crippen molar-refractivity contribution >= 4 is 21.4 Å². The van der Waals surface area contributed by atoms with Gasteiger partial charge in [0.15, 0.2) is 0 Å². The van der Waals surface area contributed by atoms with Crippen molar-refractivity contribution in [2.45, 2.75) is 38.6 Å². The molecule has 2 rings (SSSR count). The highest BCUT2D eigenvalue weighted by Crippen LogP contribution is 2.22. The molecule has 0 atom stereocenters. The molecule has 0 unspecified atom stereocenters. The Kier molecular flexibility index (Phi) is 4.81. The number of nitrogens with one attached hydrogen (secondary N) is 1. The number of hydrogen-bond acceptors (Lipinski definition) is 3. The molecule has 0 aliphatic rings. The lowest BCUT2D eigenvalue weighted by Crippen LogP contribution is -2.24. The van der Waals surface area contributed by atoms with Crippen LogP contribution in [0.3, 0.4) is 0 Å². The molecule has 1 heterocycles. The van der Waals surface area contributed by atoms with Crippen LogP contribution in [-0.4, -0.2) is 8.42 Å². The quantitative estimate of drug-likeness (QED) is 0.913. The Balaban J connectivity index is 2.23. The summed E-state index contributed by atoms with van der Waals surface area (Å²) < 4.78 is 40.7. The smallest absolute Gasteiger partial charge is 0.207 e. The van der Waals surface area contributed by atoms with E-state index in [1.54, 1.807) is 25.2 Å². The van der Waals surface area contributed by atoms with Crippen LogP contribution >= 0.6 is 11.3 Å². The van der Waals surface area contributed by atoms with Crippen molar-refractivity contribution in [3.63, 3.8) is 0 Å². The van der Waals surface area contributed by atoms with Gasteiger partial charge in [0.05, 0.1) is 4.90 Å². The van der Waals surface area contributed by atoms with Gasteiger partial charge in [0, 0.05) is 16.3 Å². The molecule has 1 N–H and O–H groups in total. The predicted octanol–water partition coefficient (Wildman–Crippen LogP) is 3.54. The fourth-order valence-corrected chi connectivity index (χ4v) is 4.71. The molecule has 0 aliphatic heterocycles. The molecular formula is C15H18FNO2S2. The van der Waals surface area contributed by atoms with Crippen molar-refractivity contribution in [1.82, 2.24) is 4.72 Å². The van der Waals surface area contributed by atoms with Crippen molar-refractivity contribution in [1.29, 1.82) is 0 Å². The zero-order valence-corrected chi connectivity index (χ0v) is 13.9. The second-order valence-electron chi connectivity index (χ2n) is 4.91. The summed E-state index contributed by atoms with van der Waals surface area (Å²) in [5.41, 5.74) is 0.834. The lowest BCUT2D eigenvalue weighted by Gasteiger charge is -2.11. The highest BCUT2D eigenvalue weighted by molar-refractivity contribution is 7.89. The zero-order valence-electron chi connectivity index (χ0n) is 12.2. The maximum Gasteiger partial charge on any atom is 0.241 e. The van der Waals surface area contributed by atoms with Gasteiger partial charge in [0.1, 0.15) is 5.82 Å². The summed E-state index contributed by atoms with van der Waals surface area (Å²) in [6, 6.07) is 6.41. The molecule has 2 aromatic rings. The minimum absolute atomic E-state index is 0.163. The van der Waals surface area contributed by atoms with Crippen LogP contribution in [0.2, 0.25) is 0 Å². The predicted molar refractivity (Wildman–Crippen MR) is 83.6 cm³/mol. The molecule has 0 fully saturated rings. The van der Waals surface area contributed by atoms with Crippen LogP contribution in [0.1, 0.15) is 27.8 Å². The first-order valence-electron chi connectivity index (χ1n) is 6.67. The van der Waals surface area contributed by atoms with E-state index in [0.717, 1.165) is 11.3 Å². The second kappa shape index (κ2) is 6.25. The van der Waals surface area contributed by atoms with Gasteiger partial charge in [-0.05, 0) is 55.7 Å². The standard InChI is InChI=1S/C15H18FNO2S2/c1-4-13-5-6-14(20-13)9-17-21(18,19)15-10(2)7-12(16)8-11(15)3/h5-8,17H,4,9H2,1-3H3. The molecule has 6 heteroatoms. The van der Waals surface area contributed by atoms with Crippen LogP contribution in [0, 0.1) is 19.7 Å². The van der Waals surface area contributed by atoms with E-state index >= 15 is 0 Å². The van der Waals surface area contributed by atoms with Gasteiger partial charge in [-0.1, -0.05) is 6.92 Å². The molecule has 0 bridgehead atoms. The summed E-state index contributed by atoms with van der Waals surface area (Å²) in [5, 5.41) is 0. The van der Waals surface area contributed by atoms with E-state index in [2.05, 4.69) is 11.6 Å². The number of hydrogen-bond donors (Lipinski definition) is 1. The summed E-state index contributed by atoms with van der Waals surface area (Å²) in [6.45, 7) is 5.52. The first-order chi connectivity index (χ1) is 9.83. The van der Waals surface area contributed by atoms with Gasteiger partial charge >= 0.3 is 0 Å². The van der Waals surface area contributed by atoms with Crippen LogP contribution in [0.25, 0.3) is 0 Å². The van der Waals surface area contributed by atoms with Crippen LogP contribution in [0.5, 0.6) is 0 Å². The van der Waals surface area contributed by atoms with Crippen LogP contribution in [0.4, 0.5) is 4.39 Å². The monoisotopic (exact) mass is 327 g/mol. The van der Waals surface area contributed by atoms with Crippen molar-refractivity contribution in [2.24, 2.45) is 0 Å². The van der Waals surface area contributed by atoms with Gasteiger partial charge in [0.2, 0.25) is 10.0 Å². The van der Waals surface area contributed by atoms with E-state index in [1.807, 2.05) is 12.1 Å². The molecule has 1 aromatic carbocycles. The van der Waals surface area contributed by atoms with Crippen LogP contribution in [-0.2, 0) is 23.0 Å². The highest BCUT2D eigenvalue weighted by atomic mass is 32.2. The van der Waals surface area contributed by atoms with Gasteiger partial charge in [-0.2, -0.15) is 0 Å². The van der Waals surface area contributed by atoms with Crippen LogP contribution < -0.4 is 4.72 Å². The van der Waals surface area contributed by atoms with Gasteiger partial charge < -0.3 is 0 Å². The number of benzene rings is 1. The third kappa shape index (κ3) is 3.70. The Labute approximate surface area is 128 Å². The third-order valence-electron chi connectivity index (χ3n) is 3.20. The van der Waals surface area contributed by atoms with Crippen molar-refractivity contribution < 1.29 is 12.8 Å².